The summed E-state index contributed by atoms with van der Waals surface area (Å²) in [5, 5.41) is 10.8. The molecular formula is C17H17N3O. The van der Waals surface area contributed by atoms with Crippen molar-refractivity contribution in [2.75, 3.05) is 6.54 Å². The topological polar surface area (TPSA) is 57.8 Å². The highest BCUT2D eigenvalue weighted by Crippen LogP contribution is 2.16. The summed E-state index contributed by atoms with van der Waals surface area (Å²) in [7, 11) is 0. The van der Waals surface area contributed by atoms with Crippen LogP contribution >= 0.6 is 0 Å². The lowest BCUT2D eigenvalue weighted by Crippen LogP contribution is -2.27. The van der Waals surface area contributed by atoms with Gasteiger partial charge in [0.15, 0.2) is 0 Å². The van der Waals surface area contributed by atoms with E-state index in [1.54, 1.807) is 6.20 Å². The van der Waals surface area contributed by atoms with Crippen molar-refractivity contribution >= 4 is 16.8 Å². The fraction of sp³-hybridized carbons (Fsp3) is 0.176. The lowest BCUT2D eigenvalue weighted by molar-refractivity contribution is 0.0953. The van der Waals surface area contributed by atoms with E-state index in [-0.39, 0.29) is 11.8 Å². The van der Waals surface area contributed by atoms with Crippen LogP contribution in [0.2, 0.25) is 0 Å². The van der Waals surface area contributed by atoms with Gasteiger partial charge in [-0.3, -0.25) is 9.89 Å². The lowest BCUT2D eigenvalue weighted by Gasteiger charge is -2.13. The molecule has 0 aliphatic carbocycles. The van der Waals surface area contributed by atoms with Gasteiger partial charge in [-0.1, -0.05) is 49.4 Å². The predicted molar refractivity (Wildman–Crippen MR) is 83.3 cm³/mol. The summed E-state index contributed by atoms with van der Waals surface area (Å²) in [5.74, 6) is 0.198. The number of hydrogen-bond donors (Lipinski definition) is 2. The highest BCUT2D eigenvalue weighted by Gasteiger charge is 2.12. The van der Waals surface area contributed by atoms with Gasteiger partial charge in [-0.25, -0.2) is 0 Å². The quantitative estimate of drug-likeness (QED) is 0.771. The molecule has 0 saturated carbocycles. The van der Waals surface area contributed by atoms with Crippen molar-refractivity contribution in [3.63, 3.8) is 0 Å². The average Bonchev–Trinajstić information content (AvgIpc) is 3.01. The SMILES string of the molecule is CC(CNC(=O)c1cccc2cn[nH]c12)c1ccccc1. The molecule has 4 heteroatoms. The van der Waals surface area contributed by atoms with Crippen LogP contribution in [0.3, 0.4) is 0 Å². The van der Waals surface area contributed by atoms with Gasteiger partial charge in [0.25, 0.3) is 5.91 Å². The van der Waals surface area contributed by atoms with Gasteiger partial charge in [-0.15, -0.1) is 0 Å². The second kappa shape index (κ2) is 5.79. The molecule has 0 aliphatic rings. The molecule has 2 N–H and O–H groups in total. The molecule has 2 aromatic carbocycles. The molecule has 3 rings (SSSR count). The minimum atomic E-state index is -0.0763. The van der Waals surface area contributed by atoms with E-state index in [2.05, 4.69) is 34.6 Å². The number of carbonyl (C=O) groups excluding carboxylic acids is 1. The van der Waals surface area contributed by atoms with E-state index in [1.165, 1.54) is 5.56 Å². The van der Waals surface area contributed by atoms with Crippen LogP contribution < -0.4 is 5.32 Å². The second-order valence-corrected chi connectivity index (χ2v) is 5.16. The third-order valence-corrected chi connectivity index (χ3v) is 3.66. The molecular weight excluding hydrogens is 262 g/mol. The number of amides is 1. The molecule has 3 aromatic rings. The number of aromatic amines is 1. The third kappa shape index (κ3) is 2.79. The fourth-order valence-electron chi connectivity index (χ4n) is 2.40. The Bertz CT molecular complexity index is 749. The van der Waals surface area contributed by atoms with E-state index in [4.69, 9.17) is 0 Å². The summed E-state index contributed by atoms with van der Waals surface area (Å²) in [4.78, 5) is 12.3. The van der Waals surface area contributed by atoms with Crippen LogP contribution in [0.5, 0.6) is 0 Å². The summed E-state index contributed by atoms with van der Waals surface area (Å²) in [6.45, 7) is 2.71. The summed E-state index contributed by atoms with van der Waals surface area (Å²) in [6, 6.07) is 15.8. The zero-order valence-corrected chi connectivity index (χ0v) is 11.8. The summed E-state index contributed by atoms with van der Waals surface area (Å²) in [6.07, 6.45) is 1.72. The van der Waals surface area contributed by atoms with Crippen LogP contribution in [0, 0.1) is 0 Å². The van der Waals surface area contributed by atoms with Crippen molar-refractivity contribution in [2.45, 2.75) is 12.8 Å². The van der Waals surface area contributed by atoms with Crippen LogP contribution in [0.4, 0.5) is 0 Å². The Morgan fingerprint density at radius 3 is 2.81 bits per heavy atom. The van der Waals surface area contributed by atoms with Crippen LogP contribution in [-0.2, 0) is 0 Å². The van der Waals surface area contributed by atoms with Gasteiger partial charge in [0.05, 0.1) is 17.3 Å². The molecule has 0 aliphatic heterocycles. The van der Waals surface area contributed by atoms with Crippen molar-refractivity contribution < 1.29 is 4.79 Å². The van der Waals surface area contributed by atoms with Crippen LogP contribution in [0.15, 0.2) is 54.7 Å². The molecule has 1 amide bonds. The second-order valence-electron chi connectivity index (χ2n) is 5.16. The van der Waals surface area contributed by atoms with Gasteiger partial charge in [-0.2, -0.15) is 5.10 Å². The maximum Gasteiger partial charge on any atom is 0.253 e. The van der Waals surface area contributed by atoms with Crippen molar-refractivity contribution in [2.24, 2.45) is 0 Å². The Morgan fingerprint density at radius 2 is 2.00 bits per heavy atom. The van der Waals surface area contributed by atoms with Gasteiger partial charge in [-0.05, 0) is 17.5 Å². The molecule has 1 heterocycles. The third-order valence-electron chi connectivity index (χ3n) is 3.66. The van der Waals surface area contributed by atoms with Crippen LogP contribution in [0.1, 0.15) is 28.8 Å². The van der Waals surface area contributed by atoms with Crippen molar-refractivity contribution in [1.82, 2.24) is 15.5 Å². The van der Waals surface area contributed by atoms with Crippen LogP contribution in [-0.4, -0.2) is 22.6 Å². The van der Waals surface area contributed by atoms with Crippen molar-refractivity contribution in [3.8, 4) is 0 Å². The molecule has 0 saturated heterocycles. The number of benzene rings is 2. The van der Waals surface area contributed by atoms with Crippen molar-refractivity contribution in [3.05, 3.63) is 65.9 Å². The normalized spacial score (nSPS) is 12.2. The van der Waals surface area contributed by atoms with E-state index < -0.39 is 0 Å². The zero-order chi connectivity index (χ0) is 14.7. The highest BCUT2D eigenvalue weighted by molar-refractivity contribution is 6.05. The molecule has 0 bridgehead atoms. The highest BCUT2D eigenvalue weighted by atomic mass is 16.1. The maximum atomic E-state index is 12.3. The minimum absolute atomic E-state index is 0.0763. The van der Waals surface area contributed by atoms with E-state index in [9.17, 15) is 4.79 Å². The average molecular weight is 279 g/mol. The Morgan fingerprint density at radius 1 is 1.19 bits per heavy atom. The van der Waals surface area contributed by atoms with Gasteiger partial charge in [0.2, 0.25) is 0 Å². The molecule has 1 aromatic heterocycles. The van der Waals surface area contributed by atoms with Crippen molar-refractivity contribution in [1.29, 1.82) is 0 Å². The Balaban J connectivity index is 1.71. The minimum Gasteiger partial charge on any atom is -0.351 e. The number of hydrogen-bond acceptors (Lipinski definition) is 2. The van der Waals surface area contributed by atoms with E-state index in [1.807, 2.05) is 36.4 Å². The summed E-state index contributed by atoms with van der Waals surface area (Å²) < 4.78 is 0. The van der Waals surface area contributed by atoms with Gasteiger partial charge < -0.3 is 5.32 Å². The standard InChI is InChI=1S/C17H17N3O/c1-12(13-6-3-2-4-7-13)10-18-17(21)15-9-5-8-14-11-19-20-16(14)15/h2-9,11-12H,10H2,1H3,(H,18,21)(H,19,20). The monoisotopic (exact) mass is 279 g/mol. The van der Waals surface area contributed by atoms with E-state index in [0.717, 1.165) is 10.9 Å². The number of rotatable bonds is 4. The molecule has 4 nitrogen and oxygen atoms in total. The number of nitrogens with zero attached hydrogens (tertiary/aromatic N) is 1. The smallest absolute Gasteiger partial charge is 0.253 e. The molecule has 0 radical (unpaired) electrons. The Labute approximate surface area is 123 Å². The van der Waals surface area contributed by atoms with Crippen LogP contribution in [0.25, 0.3) is 10.9 Å². The zero-order valence-electron chi connectivity index (χ0n) is 11.8. The maximum absolute atomic E-state index is 12.3. The first kappa shape index (κ1) is 13.4. The number of fused-ring (bicyclic) bond motifs is 1. The molecule has 106 valence electrons. The number of nitrogens with one attached hydrogen (secondary N) is 2. The summed E-state index contributed by atoms with van der Waals surface area (Å²) in [5.41, 5.74) is 2.63. The molecule has 21 heavy (non-hydrogen) atoms. The Hall–Kier alpha value is -2.62. The Kier molecular flexibility index (Phi) is 3.69. The first-order chi connectivity index (χ1) is 10.3. The first-order valence-electron chi connectivity index (χ1n) is 7.01. The molecule has 1 atom stereocenters. The first-order valence-corrected chi connectivity index (χ1v) is 7.01. The van der Waals surface area contributed by atoms with Gasteiger partial charge in [0, 0.05) is 11.9 Å². The van der Waals surface area contributed by atoms with E-state index >= 15 is 0 Å². The van der Waals surface area contributed by atoms with Gasteiger partial charge in [0.1, 0.15) is 0 Å². The molecule has 0 spiro atoms. The molecule has 0 fully saturated rings. The van der Waals surface area contributed by atoms with Gasteiger partial charge >= 0.3 is 0 Å². The largest absolute Gasteiger partial charge is 0.351 e. The number of carbonyl (C=O) groups is 1. The van der Waals surface area contributed by atoms with E-state index in [0.29, 0.717) is 12.1 Å². The fourth-order valence-corrected chi connectivity index (χ4v) is 2.40. The lowest BCUT2D eigenvalue weighted by atomic mass is 10.0. The number of aromatic nitrogens is 2. The summed E-state index contributed by atoms with van der Waals surface area (Å²) >= 11 is 0. The number of H-pyrrole nitrogens is 1. The predicted octanol–water partition coefficient (Wildman–Crippen LogP) is 3.10. The molecule has 1 unspecified atom stereocenters. The number of para-hydroxylation sites is 1.